The Morgan fingerprint density at radius 3 is 2.31 bits per heavy atom. The van der Waals surface area contributed by atoms with Crippen molar-refractivity contribution >= 4 is 16.2 Å². The lowest BCUT2D eigenvalue weighted by atomic mass is 9.95. The van der Waals surface area contributed by atoms with Crippen LogP contribution in [0.4, 0.5) is 0 Å². The molecule has 7 N–H and O–H groups in total. The lowest BCUT2D eigenvalue weighted by molar-refractivity contribution is -0.321. The molecule has 2 saturated heterocycles. The Kier molecular flexibility index (Phi) is 6.76. The molecule has 3 heterocycles. The number of fused-ring (bicyclic) bond motifs is 1. The molecule has 0 saturated carbocycles. The maximum atomic E-state index is 11.3. The minimum absolute atomic E-state index is 0.245. The van der Waals surface area contributed by atoms with Crippen molar-refractivity contribution in [1.29, 1.82) is 0 Å². The van der Waals surface area contributed by atoms with Crippen molar-refractivity contribution in [2.24, 2.45) is 4.99 Å². The number of ether oxygens (including phenoxy) is 4. The van der Waals surface area contributed by atoms with E-state index in [-0.39, 0.29) is 5.90 Å². The molecule has 3 aliphatic rings. The van der Waals surface area contributed by atoms with Gasteiger partial charge in [-0.3, -0.25) is 4.55 Å². The van der Waals surface area contributed by atoms with E-state index in [1.165, 1.54) is 6.92 Å². The highest BCUT2D eigenvalue weighted by Gasteiger charge is 2.53. The number of aliphatic imine (C=N–C) groups is 1. The fraction of sp³-hybridized carbons (Fsp3) is 0.929. The Morgan fingerprint density at radius 2 is 1.72 bits per heavy atom. The summed E-state index contributed by atoms with van der Waals surface area (Å²) in [4.78, 5) is 4.08. The Labute approximate surface area is 165 Å². The van der Waals surface area contributed by atoms with Gasteiger partial charge >= 0.3 is 10.3 Å². The van der Waals surface area contributed by atoms with Gasteiger partial charge in [-0.05, 0) is 0 Å². The Morgan fingerprint density at radius 1 is 1.07 bits per heavy atom. The van der Waals surface area contributed by atoms with Crippen molar-refractivity contribution in [3.63, 3.8) is 0 Å². The lowest BCUT2D eigenvalue weighted by Crippen LogP contribution is -2.67. The Bertz CT molecular complexity index is 719. The summed E-state index contributed by atoms with van der Waals surface area (Å²) in [5.74, 6) is 0.245. The van der Waals surface area contributed by atoms with E-state index < -0.39 is 84.8 Å². The molecule has 0 unspecified atom stereocenters. The van der Waals surface area contributed by atoms with Crippen LogP contribution in [0.1, 0.15) is 6.92 Å². The van der Waals surface area contributed by atoms with Gasteiger partial charge in [0, 0.05) is 6.92 Å². The molecule has 15 heteroatoms. The van der Waals surface area contributed by atoms with Crippen LogP contribution >= 0.6 is 0 Å². The molecule has 0 spiro atoms. The van der Waals surface area contributed by atoms with E-state index in [0.29, 0.717) is 0 Å². The Hall–Kier alpha value is -0.980. The standard InChI is InChI=1S/C14H24N2O12S/c1-4-15-7-11(21)12(6(3-18)27-13(7)25-4)28-14-8(16-29(22,23)24)10(20)9(19)5(2-17)26-14/h5-14,16-21H,2-3H2,1H3,(H,22,23,24)/t5-,6-,7-,8-,9-,10-,11-,12-,13+,14+/m1/s1. The molecule has 0 bridgehead atoms. The number of hydrogen-bond acceptors (Lipinski definition) is 12. The molecule has 0 aromatic heterocycles. The minimum atomic E-state index is -4.86. The smallest absolute Gasteiger partial charge is 0.333 e. The molecule has 0 radical (unpaired) electrons. The average molecular weight is 444 g/mol. The average Bonchev–Trinajstić information content (AvgIpc) is 3.02. The summed E-state index contributed by atoms with van der Waals surface area (Å²) >= 11 is 0. The number of aliphatic hydroxyl groups is 5. The molecule has 0 aromatic carbocycles. The molecule has 2 fully saturated rings. The van der Waals surface area contributed by atoms with E-state index in [9.17, 15) is 34.0 Å². The van der Waals surface area contributed by atoms with E-state index in [1.54, 1.807) is 4.72 Å². The zero-order chi connectivity index (χ0) is 21.5. The van der Waals surface area contributed by atoms with Gasteiger partial charge in [-0.2, -0.15) is 13.1 Å². The number of aliphatic hydroxyl groups excluding tert-OH is 5. The second kappa shape index (κ2) is 8.64. The first kappa shape index (κ1) is 22.7. The molecule has 14 nitrogen and oxygen atoms in total. The highest BCUT2D eigenvalue weighted by atomic mass is 32.2. The third kappa shape index (κ3) is 4.70. The maximum absolute atomic E-state index is 11.3. The zero-order valence-corrected chi connectivity index (χ0v) is 16.0. The minimum Gasteiger partial charge on any atom is -0.450 e. The quantitative estimate of drug-likeness (QED) is 0.193. The molecule has 10 atom stereocenters. The summed E-state index contributed by atoms with van der Waals surface area (Å²) in [6.07, 6.45) is -11.4. The summed E-state index contributed by atoms with van der Waals surface area (Å²) in [5.41, 5.74) is 0. The van der Waals surface area contributed by atoms with Crippen molar-refractivity contribution in [2.75, 3.05) is 13.2 Å². The summed E-state index contributed by atoms with van der Waals surface area (Å²) in [5, 5.41) is 49.8. The number of nitrogens with one attached hydrogen (secondary N) is 1. The van der Waals surface area contributed by atoms with Crippen LogP contribution in [0.5, 0.6) is 0 Å². The van der Waals surface area contributed by atoms with Crippen molar-refractivity contribution in [2.45, 2.75) is 68.2 Å². The third-order valence-corrected chi connectivity index (χ3v) is 5.47. The van der Waals surface area contributed by atoms with Gasteiger partial charge in [0.1, 0.15) is 48.7 Å². The van der Waals surface area contributed by atoms with Gasteiger partial charge < -0.3 is 44.5 Å². The van der Waals surface area contributed by atoms with Gasteiger partial charge in [-0.15, -0.1) is 0 Å². The molecule has 0 aromatic rings. The fourth-order valence-corrected chi connectivity index (χ4v) is 4.11. The summed E-state index contributed by atoms with van der Waals surface area (Å²) in [7, 11) is -4.86. The SMILES string of the molecule is CC1=N[C@H]2[C@@H](O1)O[C@H](CO)[C@@H](O[C@@H]1O[C@H](CO)[C@@H](O)[C@H](O)[C@H]1NS(=O)(=O)O)[C@@H]2O. The van der Waals surface area contributed by atoms with Gasteiger partial charge in [0.15, 0.2) is 12.2 Å². The number of rotatable bonds is 6. The van der Waals surface area contributed by atoms with Crippen LogP contribution in [0.2, 0.25) is 0 Å². The van der Waals surface area contributed by atoms with Crippen molar-refractivity contribution < 1.29 is 57.5 Å². The van der Waals surface area contributed by atoms with Crippen molar-refractivity contribution in [1.82, 2.24) is 4.72 Å². The van der Waals surface area contributed by atoms with Gasteiger partial charge in [0.2, 0.25) is 6.29 Å². The monoisotopic (exact) mass is 444 g/mol. The maximum Gasteiger partial charge on any atom is 0.333 e. The van der Waals surface area contributed by atoms with Gasteiger partial charge in [-0.1, -0.05) is 0 Å². The normalized spacial score (nSPS) is 45.4. The molecule has 168 valence electrons. The second-order valence-electron chi connectivity index (χ2n) is 6.90. The molecule has 0 amide bonds. The van der Waals surface area contributed by atoms with Crippen molar-refractivity contribution in [3.05, 3.63) is 0 Å². The van der Waals surface area contributed by atoms with E-state index in [4.69, 9.17) is 23.5 Å². The molecular weight excluding hydrogens is 420 g/mol. The number of hydrogen-bond donors (Lipinski definition) is 7. The summed E-state index contributed by atoms with van der Waals surface area (Å²) in [6.45, 7) is 0.176. The van der Waals surface area contributed by atoms with E-state index in [2.05, 4.69) is 4.99 Å². The van der Waals surface area contributed by atoms with Crippen molar-refractivity contribution in [3.8, 4) is 0 Å². The van der Waals surface area contributed by atoms with Crippen LogP contribution in [0, 0.1) is 0 Å². The summed E-state index contributed by atoms with van der Waals surface area (Å²) < 4.78 is 55.0. The second-order valence-corrected chi connectivity index (χ2v) is 8.08. The Balaban J connectivity index is 1.85. The molecule has 29 heavy (non-hydrogen) atoms. The van der Waals surface area contributed by atoms with Crippen LogP contribution in [0.3, 0.4) is 0 Å². The van der Waals surface area contributed by atoms with E-state index >= 15 is 0 Å². The first-order valence-corrected chi connectivity index (χ1v) is 10.2. The predicted molar refractivity (Wildman–Crippen MR) is 90.8 cm³/mol. The van der Waals surface area contributed by atoms with Crippen LogP contribution in [-0.4, -0.2) is 119 Å². The topological polar surface area (TPSA) is 217 Å². The largest absolute Gasteiger partial charge is 0.450 e. The fourth-order valence-electron chi connectivity index (χ4n) is 3.51. The van der Waals surface area contributed by atoms with Crippen LogP contribution < -0.4 is 4.72 Å². The van der Waals surface area contributed by atoms with Crippen LogP contribution in [-0.2, 0) is 29.3 Å². The highest BCUT2D eigenvalue weighted by molar-refractivity contribution is 7.83. The van der Waals surface area contributed by atoms with Gasteiger partial charge in [-0.25, -0.2) is 4.99 Å². The molecule has 0 aliphatic carbocycles. The van der Waals surface area contributed by atoms with Gasteiger partial charge in [0.05, 0.1) is 13.2 Å². The summed E-state index contributed by atoms with van der Waals surface area (Å²) in [6, 6.07) is -2.61. The van der Waals surface area contributed by atoms with E-state index in [1.807, 2.05) is 0 Å². The molecular formula is C14H24N2O12S. The first-order chi connectivity index (χ1) is 13.6. The van der Waals surface area contributed by atoms with Crippen LogP contribution in [0.15, 0.2) is 4.99 Å². The number of nitrogens with zero attached hydrogens (tertiary/aromatic N) is 1. The first-order valence-electron chi connectivity index (χ1n) is 8.73. The van der Waals surface area contributed by atoms with E-state index in [0.717, 1.165) is 0 Å². The third-order valence-electron chi connectivity index (χ3n) is 4.90. The lowest BCUT2D eigenvalue weighted by Gasteiger charge is -2.46. The molecule has 3 aliphatic heterocycles. The van der Waals surface area contributed by atoms with Crippen LogP contribution in [0.25, 0.3) is 0 Å². The highest BCUT2D eigenvalue weighted by Crippen LogP contribution is 2.32. The zero-order valence-electron chi connectivity index (χ0n) is 15.2. The molecule has 3 rings (SSSR count). The predicted octanol–water partition coefficient (Wildman–Crippen LogP) is -4.53. The van der Waals surface area contributed by atoms with Gasteiger partial charge in [0.25, 0.3) is 0 Å².